The predicted molar refractivity (Wildman–Crippen MR) is 92.4 cm³/mol. The molecule has 3 rings (SSSR count). The van der Waals surface area contributed by atoms with E-state index >= 15 is 0 Å². The fraction of sp³-hybridized carbons (Fsp3) is 0.444. The number of carboxylic acids is 1. The van der Waals surface area contributed by atoms with E-state index in [1.54, 1.807) is 0 Å². The normalized spacial score (nSPS) is 14.9. The van der Waals surface area contributed by atoms with Gasteiger partial charge in [0.1, 0.15) is 6.54 Å². The van der Waals surface area contributed by atoms with Gasteiger partial charge >= 0.3 is 5.97 Å². The summed E-state index contributed by atoms with van der Waals surface area (Å²) in [6, 6.07) is 9.81. The van der Waals surface area contributed by atoms with Crippen molar-refractivity contribution in [3.05, 3.63) is 47.8 Å². The van der Waals surface area contributed by atoms with E-state index < -0.39 is 5.97 Å². The number of nitrogens with zero attached hydrogens (tertiary/aromatic N) is 4. The summed E-state index contributed by atoms with van der Waals surface area (Å²) >= 11 is 0. The lowest BCUT2D eigenvalue weighted by atomic mass is 9.99. The van der Waals surface area contributed by atoms with Crippen molar-refractivity contribution in [2.24, 2.45) is 5.92 Å². The summed E-state index contributed by atoms with van der Waals surface area (Å²) in [6.45, 7) is 2.58. The molecule has 1 N–H and O–H groups in total. The van der Waals surface area contributed by atoms with Crippen LogP contribution in [0.5, 0.6) is 0 Å². The number of carbonyl (C=O) groups is 2. The molecule has 0 spiro atoms. The summed E-state index contributed by atoms with van der Waals surface area (Å²) in [4.78, 5) is 25.6. The molecule has 1 fully saturated rings. The number of rotatable bonds is 7. The van der Waals surface area contributed by atoms with Crippen LogP contribution in [-0.2, 0) is 22.6 Å². The largest absolute Gasteiger partial charge is 0.476 e. The number of hydrogen-bond acceptors (Lipinski definition) is 5. The molecule has 26 heavy (non-hydrogen) atoms. The van der Waals surface area contributed by atoms with Crippen LogP contribution in [0.3, 0.4) is 0 Å². The van der Waals surface area contributed by atoms with Crippen molar-refractivity contribution in [1.29, 1.82) is 0 Å². The topological polar surface area (TPSA) is 97.5 Å². The summed E-state index contributed by atoms with van der Waals surface area (Å²) in [6.07, 6.45) is 3.14. The van der Waals surface area contributed by atoms with E-state index in [0.717, 1.165) is 31.6 Å². The summed E-state index contributed by atoms with van der Waals surface area (Å²) in [5.74, 6) is -0.865. The summed E-state index contributed by atoms with van der Waals surface area (Å²) in [5, 5.41) is 16.2. The second kappa shape index (κ2) is 8.57. The van der Waals surface area contributed by atoms with Gasteiger partial charge in [-0.1, -0.05) is 35.5 Å². The third-order valence-electron chi connectivity index (χ3n) is 4.44. The highest BCUT2D eigenvalue weighted by Crippen LogP contribution is 2.18. The molecule has 138 valence electrons. The van der Waals surface area contributed by atoms with Crippen LogP contribution in [0.25, 0.3) is 0 Å². The zero-order valence-corrected chi connectivity index (χ0v) is 14.5. The smallest absolute Gasteiger partial charge is 0.358 e. The van der Waals surface area contributed by atoms with Gasteiger partial charge in [0.15, 0.2) is 5.69 Å². The molecule has 0 radical (unpaired) electrons. The maximum absolute atomic E-state index is 12.8. The Kier molecular flexibility index (Phi) is 5.96. The summed E-state index contributed by atoms with van der Waals surface area (Å²) in [7, 11) is 0. The minimum Gasteiger partial charge on any atom is -0.476 e. The highest BCUT2D eigenvalue weighted by Gasteiger charge is 2.22. The Morgan fingerprint density at radius 1 is 1.23 bits per heavy atom. The Hall–Kier alpha value is -2.74. The van der Waals surface area contributed by atoms with Crippen LogP contribution >= 0.6 is 0 Å². The molecule has 8 nitrogen and oxygen atoms in total. The van der Waals surface area contributed by atoms with Gasteiger partial charge in [-0.2, -0.15) is 0 Å². The number of amides is 1. The van der Waals surface area contributed by atoms with E-state index in [0.29, 0.717) is 19.0 Å². The Morgan fingerprint density at radius 3 is 2.62 bits per heavy atom. The number of ether oxygens (including phenoxy) is 1. The van der Waals surface area contributed by atoms with Crippen LogP contribution < -0.4 is 0 Å². The summed E-state index contributed by atoms with van der Waals surface area (Å²) < 4.78 is 6.67. The Balaban J connectivity index is 1.69. The molecule has 1 saturated heterocycles. The van der Waals surface area contributed by atoms with Gasteiger partial charge in [0, 0.05) is 26.3 Å². The molecule has 1 aliphatic heterocycles. The molecule has 0 saturated carbocycles. The standard InChI is InChI=1S/C18H22N4O4/c23-17(13-22-12-16(18(24)25)19-20-22)21(10-14-4-2-1-3-5-14)11-15-6-8-26-9-7-15/h1-5,12,15H,6-11,13H2,(H,24,25). The number of aromatic carboxylic acids is 1. The molecule has 0 aliphatic carbocycles. The van der Waals surface area contributed by atoms with E-state index in [2.05, 4.69) is 10.3 Å². The molecular weight excluding hydrogens is 336 g/mol. The van der Waals surface area contributed by atoms with Crippen molar-refractivity contribution < 1.29 is 19.4 Å². The predicted octanol–water partition coefficient (Wildman–Crippen LogP) is 1.43. The van der Waals surface area contributed by atoms with Crippen LogP contribution in [-0.4, -0.2) is 56.6 Å². The van der Waals surface area contributed by atoms with E-state index in [1.165, 1.54) is 10.9 Å². The maximum atomic E-state index is 12.8. The Morgan fingerprint density at radius 2 is 1.96 bits per heavy atom. The molecule has 0 unspecified atom stereocenters. The molecule has 2 aromatic rings. The second-order valence-corrected chi connectivity index (χ2v) is 6.42. The zero-order chi connectivity index (χ0) is 18.4. The van der Waals surface area contributed by atoms with Gasteiger partial charge in [-0.3, -0.25) is 4.79 Å². The van der Waals surface area contributed by atoms with Gasteiger partial charge < -0.3 is 14.7 Å². The van der Waals surface area contributed by atoms with Crippen LogP contribution in [0.4, 0.5) is 0 Å². The fourth-order valence-corrected chi connectivity index (χ4v) is 3.01. The number of benzene rings is 1. The van der Waals surface area contributed by atoms with Crippen molar-refractivity contribution in [3.63, 3.8) is 0 Å². The van der Waals surface area contributed by atoms with E-state index in [1.807, 2.05) is 35.2 Å². The average molecular weight is 358 g/mol. The van der Waals surface area contributed by atoms with Crippen molar-refractivity contribution in [3.8, 4) is 0 Å². The summed E-state index contributed by atoms with van der Waals surface area (Å²) in [5.41, 5.74) is 0.884. The number of carbonyl (C=O) groups excluding carboxylic acids is 1. The monoisotopic (exact) mass is 358 g/mol. The van der Waals surface area contributed by atoms with Gasteiger partial charge in [-0.15, -0.1) is 5.10 Å². The average Bonchev–Trinajstić information content (AvgIpc) is 3.12. The number of carboxylic acid groups (broad SMARTS) is 1. The molecule has 8 heteroatoms. The quantitative estimate of drug-likeness (QED) is 0.804. The lowest BCUT2D eigenvalue weighted by molar-refractivity contribution is -0.133. The SMILES string of the molecule is O=C(O)c1cn(CC(=O)N(Cc2ccccc2)CC2CCOCC2)nn1. The van der Waals surface area contributed by atoms with Crippen molar-refractivity contribution in [1.82, 2.24) is 19.9 Å². The zero-order valence-electron chi connectivity index (χ0n) is 14.5. The highest BCUT2D eigenvalue weighted by atomic mass is 16.5. The van der Waals surface area contributed by atoms with Crippen LogP contribution in [0, 0.1) is 5.92 Å². The molecule has 2 heterocycles. The maximum Gasteiger partial charge on any atom is 0.358 e. The Labute approximate surface area is 151 Å². The first-order chi connectivity index (χ1) is 12.6. The molecule has 1 aromatic carbocycles. The van der Waals surface area contributed by atoms with Gasteiger partial charge in [-0.05, 0) is 24.3 Å². The molecular formula is C18H22N4O4. The minimum atomic E-state index is -1.16. The Bertz CT molecular complexity index is 741. The van der Waals surface area contributed by atoms with E-state index in [4.69, 9.17) is 9.84 Å². The third kappa shape index (κ3) is 4.89. The first-order valence-corrected chi connectivity index (χ1v) is 8.64. The van der Waals surface area contributed by atoms with E-state index in [9.17, 15) is 9.59 Å². The molecule has 1 amide bonds. The minimum absolute atomic E-state index is 0.0314. The third-order valence-corrected chi connectivity index (χ3v) is 4.44. The van der Waals surface area contributed by atoms with Crippen molar-refractivity contribution in [2.45, 2.75) is 25.9 Å². The van der Waals surface area contributed by atoms with Gasteiger partial charge in [0.2, 0.25) is 5.91 Å². The lowest BCUT2D eigenvalue weighted by Crippen LogP contribution is -2.38. The van der Waals surface area contributed by atoms with E-state index in [-0.39, 0.29) is 18.1 Å². The second-order valence-electron chi connectivity index (χ2n) is 6.42. The van der Waals surface area contributed by atoms with Crippen LogP contribution in [0.1, 0.15) is 28.9 Å². The highest BCUT2D eigenvalue weighted by molar-refractivity contribution is 5.84. The van der Waals surface area contributed by atoms with Crippen LogP contribution in [0.15, 0.2) is 36.5 Å². The number of hydrogen-bond donors (Lipinski definition) is 1. The molecule has 0 bridgehead atoms. The molecule has 0 atom stereocenters. The fourth-order valence-electron chi connectivity index (χ4n) is 3.01. The molecule has 1 aliphatic rings. The van der Waals surface area contributed by atoms with Gasteiger partial charge in [0.25, 0.3) is 0 Å². The number of aromatic nitrogens is 3. The van der Waals surface area contributed by atoms with Crippen molar-refractivity contribution in [2.75, 3.05) is 19.8 Å². The van der Waals surface area contributed by atoms with Crippen LogP contribution in [0.2, 0.25) is 0 Å². The van der Waals surface area contributed by atoms with Crippen molar-refractivity contribution >= 4 is 11.9 Å². The first kappa shape index (κ1) is 18.1. The molecule has 1 aromatic heterocycles. The van der Waals surface area contributed by atoms with Gasteiger partial charge in [0.05, 0.1) is 6.20 Å². The lowest BCUT2D eigenvalue weighted by Gasteiger charge is -2.30. The van der Waals surface area contributed by atoms with Gasteiger partial charge in [-0.25, -0.2) is 9.48 Å². The first-order valence-electron chi connectivity index (χ1n) is 8.64.